The summed E-state index contributed by atoms with van der Waals surface area (Å²) in [5.41, 5.74) is -0.703. The second-order valence-electron chi connectivity index (χ2n) is 2.45. The highest BCUT2D eigenvalue weighted by atomic mass is 79.9. The molecule has 0 aromatic carbocycles. The number of hydrogen-bond acceptors (Lipinski definition) is 2. The lowest BCUT2D eigenvalue weighted by Gasteiger charge is -2.09. The average Bonchev–Trinajstić information content (AvgIpc) is 2.16. The standard InChI is InChI=1S/C8H7BrF3NO/c1-14-8-5(7(11)12)6(10)4(2-9)3-13-8/h3,7H,2H2,1H3. The minimum atomic E-state index is -2.93. The van der Waals surface area contributed by atoms with Crippen molar-refractivity contribution in [3.63, 3.8) is 0 Å². The van der Waals surface area contributed by atoms with Gasteiger partial charge in [-0.05, 0) is 0 Å². The van der Waals surface area contributed by atoms with Crippen LogP contribution in [0.25, 0.3) is 0 Å². The number of pyridine rings is 1. The van der Waals surface area contributed by atoms with Gasteiger partial charge in [0.1, 0.15) is 11.4 Å². The van der Waals surface area contributed by atoms with Gasteiger partial charge in [-0.15, -0.1) is 0 Å². The molecular formula is C8H7BrF3NO. The second-order valence-corrected chi connectivity index (χ2v) is 3.02. The molecule has 1 aromatic heterocycles. The van der Waals surface area contributed by atoms with Crippen LogP contribution in [0.3, 0.4) is 0 Å². The molecule has 0 N–H and O–H groups in total. The van der Waals surface area contributed by atoms with Crippen molar-refractivity contribution < 1.29 is 17.9 Å². The third-order valence-electron chi connectivity index (χ3n) is 1.64. The zero-order valence-electron chi connectivity index (χ0n) is 7.23. The lowest BCUT2D eigenvalue weighted by molar-refractivity contribution is 0.140. The molecule has 0 aliphatic carbocycles. The average molecular weight is 270 g/mol. The van der Waals surface area contributed by atoms with Crippen LogP contribution >= 0.6 is 15.9 Å². The largest absolute Gasteiger partial charge is 0.481 e. The maximum atomic E-state index is 13.3. The Kier molecular flexibility index (Phi) is 3.74. The van der Waals surface area contributed by atoms with Gasteiger partial charge in [0.05, 0.1) is 7.11 Å². The monoisotopic (exact) mass is 269 g/mol. The number of nitrogens with zero attached hydrogens (tertiary/aromatic N) is 1. The molecule has 0 unspecified atom stereocenters. The van der Waals surface area contributed by atoms with E-state index in [1.54, 1.807) is 0 Å². The first-order chi connectivity index (χ1) is 6.61. The Morgan fingerprint density at radius 3 is 2.64 bits per heavy atom. The molecule has 0 aliphatic heterocycles. The van der Waals surface area contributed by atoms with Gasteiger partial charge >= 0.3 is 0 Å². The summed E-state index contributed by atoms with van der Waals surface area (Å²) < 4.78 is 42.7. The Balaban J connectivity index is 3.31. The molecule has 0 atom stereocenters. The molecule has 0 fully saturated rings. The van der Waals surface area contributed by atoms with Gasteiger partial charge in [-0.2, -0.15) is 0 Å². The maximum Gasteiger partial charge on any atom is 0.271 e. The van der Waals surface area contributed by atoms with Gasteiger partial charge in [0.2, 0.25) is 5.88 Å². The summed E-state index contributed by atoms with van der Waals surface area (Å²) in [7, 11) is 1.17. The van der Waals surface area contributed by atoms with Crippen molar-refractivity contribution >= 4 is 15.9 Å². The lowest BCUT2D eigenvalue weighted by Crippen LogP contribution is -2.02. The molecule has 6 heteroatoms. The first-order valence-electron chi connectivity index (χ1n) is 3.67. The normalized spacial score (nSPS) is 10.7. The second kappa shape index (κ2) is 4.63. The van der Waals surface area contributed by atoms with E-state index in [0.29, 0.717) is 0 Å². The molecular weight excluding hydrogens is 263 g/mol. The van der Waals surface area contributed by atoms with E-state index in [0.717, 1.165) is 6.20 Å². The summed E-state index contributed by atoms with van der Waals surface area (Å²) in [6.07, 6.45) is -1.77. The number of rotatable bonds is 3. The van der Waals surface area contributed by atoms with E-state index in [4.69, 9.17) is 0 Å². The fourth-order valence-electron chi connectivity index (χ4n) is 0.975. The van der Waals surface area contributed by atoms with Gasteiger partial charge in [0.15, 0.2) is 0 Å². The Bertz CT molecular complexity index is 333. The van der Waals surface area contributed by atoms with Gasteiger partial charge in [-0.3, -0.25) is 0 Å². The summed E-state index contributed by atoms with van der Waals surface area (Å²) in [5.74, 6) is -1.34. The summed E-state index contributed by atoms with van der Waals surface area (Å²) in [6.45, 7) is 0. The Morgan fingerprint density at radius 2 is 2.21 bits per heavy atom. The van der Waals surface area contributed by atoms with Crippen LogP contribution in [0, 0.1) is 5.82 Å². The number of methoxy groups -OCH3 is 1. The van der Waals surface area contributed by atoms with Gasteiger partial charge in [0.25, 0.3) is 6.43 Å². The van der Waals surface area contributed by atoms with Crippen LogP contribution in [-0.2, 0) is 5.33 Å². The molecule has 14 heavy (non-hydrogen) atoms. The molecule has 2 nitrogen and oxygen atoms in total. The minimum absolute atomic E-state index is 0.0844. The van der Waals surface area contributed by atoms with E-state index in [9.17, 15) is 13.2 Å². The van der Waals surface area contributed by atoms with Crippen LogP contribution in [0.1, 0.15) is 17.6 Å². The first kappa shape index (κ1) is 11.3. The van der Waals surface area contributed by atoms with Crippen molar-refractivity contribution in [3.8, 4) is 5.88 Å². The lowest BCUT2D eigenvalue weighted by atomic mass is 10.2. The predicted molar refractivity (Wildman–Crippen MR) is 48.3 cm³/mol. The van der Waals surface area contributed by atoms with Crippen LogP contribution in [0.4, 0.5) is 13.2 Å². The molecule has 0 spiro atoms. The molecule has 1 aromatic rings. The molecule has 0 amide bonds. The third-order valence-corrected chi connectivity index (χ3v) is 2.25. The summed E-state index contributed by atoms with van der Waals surface area (Å²) in [5, 5.41) is 0.134. The van der Waals surface area contributed by atoms with Gasteiger partial charge in [-0.1, -0.05) is 15.9 Å². The Labute approximate surface area is 87.2 Å². The summed E-state index contributed by atoms with van der Waals surface area (Å²) >= 11 is 2.97. The van der Waals surface area contributed by atoms with E-state index >= 15 is 0 Å². The quantitative estimate of drug-likeness (QED) is 0.787. The number of alkyl halides is 3. The number of halogens is 4. The van der Waals surface area contributed by atoms with E-state index in [1.165, 1.54) is 7.11 Å². The summed E-state index contributed by atoms with van der Waals surface area (Å²) in [4.78, 5) is 3.58. The van der Waals surface area contributed by atoms with Crippen molar-refractivity contribution in [2.24, 2.45) is 0 Å². The molecule has 1 heterocycles. The number of hydrogen-bond donors (Lipinski definition) is 0. The predicted octanol–water partition coefficient (Wildman–Crippen LogP) is 3.06. The van der Waals surface area contributed by atoms with Crippen molar-refractivity contribution in [2.45, 2.75) is 11.8 Å². The van der Waals surface area contributed by atoms with E-state index in [-0.39, 0.29) is 16.8 Å². The van der Waals surface area contributed by atoms with E-state index in [2.05, 4.69) is 25.7 Å². The molecule has 0 bridgehead atoms. The molecule has 78 valence electrons. The van der Waals surface area contributed by atoms with E-state index < -0.39 is 17.8 Å². The highest BCUT2D eigenvalue weighted by molar-refractivity contribution is 9.08. The smallest absolute Gasteiger partial charge is 0.271 e. The van der Waals surface area contributed by atoms with Crippen molar-refractivity contribution in [1.82, 2.24) is 4.98 Å². The van der Waals surface area contributed by atoms with Gasteiger partial charge in [-0.25, -0.2) is 18.2 Å². The Morgan fingerprint density at radius 1 is 1.57 bits per heavy atom. The first-order valence-corrected chi connectivity index (χ1v) is 4.79. The topological polar surface area (TPSA) is 22.1 Å². The Hall–Kier alpha value is -0.780. The zero-order chi connectivity index (χ0) is 10.7. The minimum Gasteiger partial charge on any atom is -0.481 e. The molecule has 0 aliphatic rings. The maximum absolute atomic E-state index is 13.3. The van der Waals surface area contributed by atoms with E-state index in [1.807, 2.05) is 0 Å². The van der Waals surface area contributed by atoms with Gasteiger partial charge in [0, 0.05) is 17.1 Å². The highest BCUT2D eigenvalue weighted by Gasteiger charge is 2.22. The van der Waals surface area contributed by atoms with Crippen molar-refractivity contribution in [2.75, 3.05) is 7.11 Å². The molecule has 0 radical (unpaired) electrons. The zero-order valence-corrected chi connectivity index (χ0v) is 8.82. The molecule has 1 rings (SSSR count). The van der Waals surface area contributed by atoms with Crippen LogP contribution in [-0.4, -0.2) is 12.1 Å². The van der Waals surface area contributed by atoms with Gasteiger partial charge < -0.3 is 4.74 Å². The molecule has 0 saturated carbocycles. The van der Waals surface area contributed by atoms with Crippen molar-refractivity contribution in [1.29, 1.82) is 0 Å². The SMILES string of the molecule is COc1ncc(CBr)c(F)c1C(F)F. The van der Waals surface area contributed by atoms with Crippen LogP contribution in [0.2, 0.25) is 0 Å². The van der Waals surface area contributed by atoms with Crippen LogP contribution < -0.4 is 4.74 Å². The fourth-order valence-corrected chi connectivity index (χ4v) is 1.37. The third kappa shape index (κ3) is 2.00. The molecule has 0 saturated heterocycles. The van der Waals surface area contributed by atoms with Crippen molar-refractivity contribution in [3.05, 3.63) is 23.1 Å². The number of aromatic nitrogens is 1. The van der Waals surface area contributed by atoms with Crippen LogP contribution in [0.15, 0.2) is 6.20 Å². The number of ether oxygens (including phenoxy) is 1. The van der Waals surface area contributed by atoms with Crippen LogP contribution in [0.5, 0.6) is 5.88 Å². The fraction of sp³-hybridized carbons (Fsp3) is 0.375. The summed E-state index contributed by atoms with van der Waals surface area (Å²) in [6, 6.07) is 0. The highest BCUT2D eigenvalue weighted by Crippen LogP contribution is 2.31.